The molecular weight excluding hydrogens is 385 g/mol. The Hall–Kier alpha value is -3.87. The highest BCUT2D eigenvalue weighted by atomic mass is 19.1. The number of ether oxygens (including phenoxy) is 1. The number of carbonyl (C=O) groups excluding carboxylic acids is 2. The summed E-state index contributed by atoms with van der Waals surface area (Å²) in [5.41, 5.74) is 6.81. The van der Waals surface area contributed by atoms with Crippen molar-refractivity contribution in [3.8, 4) is 11.5 Å². The fraction of sp³-hybridized carbons (Fsp3) is 0.130. The first kappa shape index (κ1) is 20.9. The van der Waals surface area contributed by atoms with Gasteiger partial charge >= 0.3 is 6.03 Å². The number of anilines is 1. The van der Waals surface area contributed by atoms with E-state index in [0.29, 0.717) is 17.1 Å². The zero-order valence-electron chi connectivity index (χ0n) is 16.4. The number of para-hydroxylation sites is 1. The second kappa shape index (κ2) is 9.56. The van der Waals surface area contributed by atoms with Crippen molar-refractivity contribution in [3.63, 3.8) is 0 Å². The van der Waals surface area contributed by atoms with Crippen LogP contribution in [0.3, 0.4) is 0 Å². The summed E-state index contributed by atoms with van der Waals surface area (Å²) in [5, 5.41) is 5.10. The number of amides is 3. The van der Waals surface area contributed by atoms with Gasteiger partial charge in [0.1, 0.15) is 17.3 Å². The predicted molar refractivity (Wildman–Crippen MR) is 113 cm³/mol. The van der Waals surface area contributed by atoms with Gasteiger partial charge in [-0.3, -0.25) is 4.79 Å². The standard InChI is InChI=1S/C23H22FN3O3/c1-15-10-11-19(24)21(12-15)26-22(28)14-20(27-23(25)29)16-6-5-9-18(13-16)30-17-7-3-2-4-8-17/h2-13,20H,14H2,1H3,(H,26,28)(H3,25,27,29). The largest absolute Gasteiger partial charge is 0.457 e. The van der Waals surface area contributed by atoms with Crippen LogP contribution in [0.2, 0.25) is 0 Å². The van der Waals surface area contributed by atoms with Crippen molar-refractivity contribution in [1.82, 2.24) is 5.32 Å². The van der Waals surface area contributed by atoms with Crippen LogP contribution in [0.5, 0.6) is 11.5 Å². The van der Waals surface area contributed by atoms with Crippen LogP contribution in [0.1, 0.15) is 23.6 Å². The lowest BCUT2D eigenvalue weighted by molar-refractivity contribution is -0.116. The predicted octanol–water partition coefficient (Wildman–Crippen LogP) is 4.66. The Kier molecular flexibility index (Phi) is 6.64. The number of nitrogens with one attached hydrogen (secondary N) is 2. The van der Waals surface area contributed by atoms with Gasteiger partial charge in [-0.05, 0) is 54.4 Å². The van der Waals surface area contributed by atoms with E-state index in [-0.39, 0.29) is 12.1 Å². The van der Waals surface area contributed by atoms with Gasteiger partial charge in [0.15, 0.2) is 0 Å². The minimum Gasteiger partial charge on any atom is -0.457 e. The molecule has 3 aromatic rings. The van der Waals surface area contributed by atoms with Crippen molar-refractivity contribution in [1.29, 1.82) is 0 Å². The molecule has 6 nitrogen and oxygen atoms in total. The van der Waals surface area contributed by atoms with E-state index < -0.39 is 23.8 Å². The molecule has 0 aliphatic carbocycles. The minimum atomic E-state index is -0.774. The highest BCUT2D eigenvalue weighted by Crippen LogP contribution is 2.26. The third kappa shape index (κ3) is 5.81. The molecule has 3 amide bonds. The van der Waals surface area contributed by atoms with Crippen molar-refractivity contribution < 1.29 is 18.7 Å². The number of primary amides is 1. The van der Waals surface area contributed by atoms with Gasteiger partial charge < -0.3 is 21.1 Å². The molecule has 3 rings (SSSR count). The monoisotopic (exact) mass is 407 g/mol. The normalized spacial score (nSPS) is 11.4. The SMILES string of the molecule is Cc1ccc(F)c(NC(=O)CC(NC(N)=O)c2cccc(Oc3ccccc3)c2)c1. The van der Waals surface area contributed by atoms with Crippen LogP contribution in [0.25, 0.3) is 0 Å². The van der Waals surface area contributed by atoms with E-state index in [9.17, 15) is 14.0 Å². The van der Waals surface area contributed by atoms with E-state index >= 15 is 0 Å². The topological polar surface area (TPSA) is 93.5 Å². The van der Waals surface area contributed by atoms with E-state index in [2.05, 4.69) is 10.6 Å². The van der Waals surface area contributed by atoms with E-state index in [1.165, 1.54) is 12.1 Å². The molecule has 0 heterocycles. The van der Waals surface area contributed by atoms with E-state index in [1.54, 1.807) is 37.3 Å². The number of benzene rings is 3. The lowest BCUT2D eigenvalue weighted by Gasteiger charge is -2.19. The van der Waals surface area contributed by atoms with Crippen molar-refractivity contribution >= 4 is 17.6 Å². The quantitative estimate of drug-likeness (QED) is 0.531. The smallest absolute Gasteiger partial charge is 0.312 e. The Morgan fingerprint density at radius 2 is 1.73 bits per heavy atom. The van der Waals surface area contributed by atoms with E-state index in [1.807, 2.05) is 30.3 Å². The van der Waals surface area contributed by atoms with Gasteiger partial charge in [-0.2, -0.15) is 0 Å². The number of hydrogen-bond donors (Lipinski definition) is 3. The summed E-state index contributed by atoms with van der Waals surface area (Å²) in [6, 6.07) is 19.1. The Labute approximate surface area is 173 Å². The van der Waals surface area contributed by atoms with Gasteiger partial charge in [0.05, 0.1) is 18.2 Å². The molecular formula is C23H22FN3O3. The first-order valence-corrected chi connectivity index (χ1v) is 9.35. The Bertz CT molecular complexity index is 1040. The zero-order valence-corrected chi connectivity index (χ0v) is 16.4. The average molecular weight is 407 g/mol. The molecule has 1 atom stereocenters. The summed E-state index contributed by atoms with van der Waals surface area (Å²) in [6.07, 6.45) is -0.134. The van der Waals surface area contributed by atoms with Crippen molar-refractivity contribution in [3.05, 3.63) is 89.7 Å². The maximum absolute atomic E-state index is 13.9. The van der Waals surface area contributed by atoms with Crippen molar-refractivity contribution in [2.24, 2.45) is 5.73 Å². The van der Waals surface area contributed by atoms with Crippen molar-refractivity contribution in [2.45, 2.75) is 19.4 Å². The molecule has 0 fully saturated rings. The Morgan fingerprint density at radius 3 is 2.47 bits per heavy atom. The molecule has 0 radical (unpaired) electrons. The third-order valence-electron chi connectivity index (χ3n) is 4.34. The number of aryl methyl sites for hydroxylation is 1. The van der Waals surface area contributed by atoms with Gasteiger partial charge in [-0.15, -0.1) is 0 Å². The molecule has 0 aliphatic heterocycles. The molecule has 3 aromatic carbocycles. The lowest BCUT2D eigenvalue weighted by atomic mass is 10.0. The molecule has 0 spiro atoms. The molecule has 0 bridgehead atoms. The maximum Gasteiger partial charge on any atom is 0.312 e. The zero-order chi connectivity index (χ0) is 21.5. The Balaban J connectivity index is 1.77. The molecule has 0 aliphatic rings. The third-order valence-corrected chi connectivity index (χ3v) is 4.34. The van der Waals surface area contributed by atoms with Crippen LogP contribution in [0, 0.1) is 12.7 Å². The van der Waals surface area contributed by atoms with Gasteiger partial charge in [0.25, 0.3) is 0 Å². The fourth-order valence-electron chi connectivity index (χ4n) is 2.96. The molecule has 4 N–H and O–H groups in total. The van der Waals surface area contributed by atoms with Crippen LogP contribution in [0.4, 0.5) is 14.9 Å². The van der Waals surface area contributed by atoms with Crippen LogP contribution in [-0.4, -0.2) is 11.9 Å². The number of carbonyl (C=O) groups is 2. The number of urea groups is 1. The summed E-state index contributed by atoms with van der Waals surface area (Å²) in [7, 11) is 0. The first-order chi connectivity index (χ1) is 14.4. The second-order valence-corrected chi connectivity index (χ2v) is 6.78. The fourth-order valence-corrected chi connectivity index (χ4v) is 2.96. The summed E-state index contributed by atoms with van der Waals surface area (Å²) < 4.78 is 19.7. The lowest BCUT2D eigenvalue weighted by Crippen LogP contribution is -2.35. The molecule has 0 saturated carbocycles. The average Bonchev–Trinajstić information content (AvgIpc) is 2.71. The molecule has 7 heteroatoms. The summed E-state index contributed by atoms with van der Waals surface area (Å²) in [6.45, 7) is 1.80. The summed E-state index contributed by atoms with van der Waals surface area (Å²) >= 11 is 0. The van der Waals surface area contributed by atoms with Gasteiger partial charge in [0, 0.05) is 0 Å². The molecule has 0 aromatic heterocycles. The molecule has 0 saturated heterocycles. The van der Waals surface area contributed by atoms with Crippen LogP contribution in [-0.2, 0) is 4.79 Å². The Morgan fingerprint density at radius 1 is 1.00 bits per heavy atom. The van der Waals surface area contributed by atoms with Crippen LogP contribution < -0.4 is 21.1 Å². The molecule has 1 unspecified atom stereocenters. The number of hydrogen-bond acceptors (Lipinski definition) is 3. The second-order valence-electron chi connectivity index (χ2n) is 6.78. The van der Waals surface area contributed by atoms with E-state index in [4.69, 9.17) is 10.5 Å². The van der Waals surface area contributed by atoms with Crippen LogP contribution in [0.15, 0.2) is 72.8 Å². The number of nitrogens with two attached hydrogens (primary N) is 1. The maximum atomic E-state index is 13.9. The van der Waals surface area contributed by atoms with Gasteiger partial charge in [-0.25, -0.2) is 9.18 Å². The van der Waals surface area contributed by atoms with Crippen molar-refractivity contribution in [2.75, 3.05) is 5.32 Å². The van der Waals surface area contributed by atoms with Gasteiger partial charge in [0.2, 0.25) is 5.91 Å². The summed E-state index contributed by atoms with van der Waals surface area (Å²) in [4.78, 5) is 24.0. The molecule has 30 heavy (non-hydrogen) atoms. The number of halogens is 1. The summed E-state index contributed by atoms with van der Waals surface area (Å²) in [5.74, 6) is 0.195. The number of rotatable bonds is 7. The highest BCUT2D eigenvalue weighted by molar-refractivity contribution is 5.91. The first-order valence-electron chi connectivity index (χ1n) is 9.35. The molecule has 154 valence electrons. The van der Waals surface area contributed by atoms with Gasteiger partial charge in [-0.1, -0.05) is 36.4 Å². The van der Waals surface area contributed by atoms with Crippen LogP contribution >= 0.6 is 0 Å². The van der Waals surface area contributed by atoms with E-state index in [0.717, 1.165) is 5.56 Å². The minimum absolute atomic E-state index is 0.0824. The highest BCUT2D eigenvalue weighted by Gasteiger charge is 2.19.